The lowest BCUT2D eigenvalue weighted by Crippen LogP contribution is -2.15. The molecule has 0 unspecified atom stereocenters. The molecule has 0 saturated carbocycles. The number of rotatable bonds is 4. The Bertz CT molecular complexity index is 1190. The summed E-state index contributed by atoms with van der Waals surface area (Å²) in [6, 6.07) is 16.9. The minimum Gasteiger partial charge on any atom is -0.366 e. The van der Waals surface area contributed by atoms with Crippen molar-refractivity contribution >= 4 is 11.5 Å². The summed E-state index contributed by atoms with van der Waals surface area (Å²) in [5.41, 5.74) is 7.24. The Morgan fingerprint density at radius 3 is 2.76 bits per heavy atom. The van der Waals surface area contributed by atoms with Gasteiger partial charge < -0.3 is 5.32 Å². The highest BCUT2D eigenvalue weighted by Crippen LogP contribution is 2.30. The minimum atomic E-state index is -0.260. The van der Waals surface area contributed by atoms with Crippen LogP contribution in [0.15, 0.2) is 54.6 Å². The molecular weight excluding hydrogens is 363 g/mol. The van der Waals surface area contributed by atoms with Gasteiger partial charge in [0.2, 0.25) is 0 Å². The van der Waals surface area contributed by atoms with Crippen LogP contribution in [0.3, 0.4) is 0 Å². The van der Waals surface area contributed by atoms with Gasteiger partial charge in [-0.05, 0) is 55.9 Å². The van der Waals surface area contributed by atoms with Crippen LogP contribution in [-0.4, -0.2) is 14.6 Å². The number of hydrogen-bond donors (Lipinski definition) is 1. The molecule has 0 saturated heterocycles. The molecule has 1 N–H and O–H groups in total. The van der Waals surface area contributed by atoms with Crippen LogP contribution in [0.25, 0.3) is 16.9 Å². The second-order valence-electron chi connectivity index (χ2n) is 7.68. The van der Waals surface area contributed by atoms with Crippen molar-refractivity contribution in [2.45, 2.75) is 39.2 Å². The van der Waals surface area contributed by atoms with Crippen LogP contribution >= 0.6 is 0 Å². The van der Waals surface area contributed by atoms with Crippen LogP contribution in [0.4, 0.5) is 10.2 Å². The molecule has 5 rings (SSSR count). The van der Waals surface area contributed by atoms with E-state index in [4.69, 9.17) is 10.1 Å². The molecule has 5 heteroatoms. The van der Waals surface area contributed by atoms with E-state index in [1.807, 2.05) is 16.6 Å². The number of nitrogens with one attached hydrogen (secondary N) is 1. The van der Waals surface area contributed by atoms with Crippen LogP contribution in [0.2, 0.25) is 0 Å². The number of benzene rings is 2. The highest BCUT2D eigenvalue weighted by Gasteiger charge is 2.20. The molecule has 1 aliphatic rings. The minimum absolute atomic E-state index is 0.260. The Labute approximate surface area is 169 Å². The largest absolute Gasteiger partial charge is 0.366 e. The molecular formula is C24H23FN4. The number of fused-ring (bicyclic) bond motifs is 2. The van der Waals surface area contributed by atoms with E-state index in [0.717, 1.165) is 60.6 Å². The summed E-state index contributed by atoms with van der Waals surface area (Å²) in [6.07, 6.45) is 4.32. The number of aryl methyl sites for hydroxylation is 2. The van der Waals surface area contributed by atoms with E-state index < -0.39 is 0 Å². The van der Waals surface area contributed by atoms with Crippen LogP contribution in [0.1, 0.15) is 35.2 Å². The number of halogens is 1. The average molecular weight is 386 g/mol. The summed E-state index contributed by atoms with van der Waals surface area (Å²) in [6.45, 7) is 2.86. The van der Waals surface area contributed by atoms with Gasteiger partial charge in [0.1, 0.15) is 11.6 Å². The normalized spacial score (nSPS) is 13.4. The first-order valence-electron chi connectivity index (χ1n) is 10.1. The van der Waals surface area contributed by atoms with Crippen molar-refractivity contribution in [2.75, 3.05) is 5.32 Å². The number of aromatic nitrogens is 3. The smallest absolute Gasteiger partial charge is 0.158 e. The van der Waals surface area contributed by atoms with Crippen molar-refractivity contribution in [3.8, 4) is 11.3 Å². The van der Waals surface area contributed by atoms with Crippen molar-refractivity contribution in [3.05, 3.63) is 82.8 Å². The fourth-order valence-corrected chi connectivity index (χ4v) is 4.11. The van der Waals surface area contributed by atoms with E-state index in [2.05, 4.69) is 36.5 Å². The van der Waals surface area contributed by atoms with Crippen LogP contribution in [0, 0.1) is 12.7 Å². The fourth-order valence-electron chi connectivity index (χ4n) is 4.11. The zero-order chi connectivity index (χ0) is 19.8. The summed E-state index contributed by atoms with van der Waals surface area (Å²) < 4.78 is 15.6. The number of hydrogen-bond acceptors (Lipinski definition) is 3. The van der Waals surface area contributed by atoms with Gasteiger partial charge >= 0.3 is 0 Å². The molecule has 2 heterocycles. The maximum Gasteiger partial charge on any atom is 0.158 e. The van der Waals surface area contributed by atoms with E-state index in [-0.39, 0.29) is 5.82 Å². The van der Waals surface area contributed by atoms with Gasteiger partial charge in [-0.3, -0.25) is 0 Å². The molecule has 0 fully saturated rings. The molecule has 0 amide bonds. The van der Waals surface area contributed by atoms with E-state index in [9.17, 15) is 4.39 Å². The Morgan fingerprint density at radius 2 is 1.90 bits per heavy atom. The van der Waals surface area contributed by atoms with Gasteiger partial charge in [0.25, 0.3) is 0 Å². The third kappa shape index (κ3) is 3.37. The van der Waals surface area contributed by atoms with Crippen molar-refractivity contribution in [3.63, 3.8) is 0 Å². The molecule has 0 aliphatic heterocycles. The number of nitrogens with zero attached hydrogens (tertiary/aromatic N) is 3. The molecule has 0 spiro atoms. The lowest BCUT2D eigenvalue weighted by Gasteiger charge is -2.20. The fraction of sp³-hybridized carbons (Fsp3) is 0.250. The van der Waals surface area contributed by atoms with Gasteiger partial charge in [0.05, 0.1) is 5.69 Å². The van der Waals surface area contributed by atoms with Crippen molar-refractivity contribution in [1.29, 1.82) is 0 Å². The Kier molecular flexibility index (Phi) is 4.51. The van der Waals surface area contributed by atoms with E-state index >= 15 is 0 Å². The molecule has 0 atom stereocenters. The molecule has 4 aromatic rings. The Morgan fingerprint density at radius 1 is 1.03 bits per heavy atom. The second-order valence-corrected chi connectivity index (χ2v) is 7.68. The van der Waals surface area contributed by atoms with Gasteiger partial charge in [-0.1, -0.05) is 36.4 Å². The molecule has 2 aromatic carbocycles. The average Bonchev–Trinajstić information content (AvgIpc) is 3.16. The maximum atomic E-state index is 13.7. The second kappa shape index (κ2) is 7.32. The molecule has 0 bridgehead atoms. The highest BCUT2D eigenvalue weighted by molar-refractivity contribution is 5.67. The standard InChI is InChI=1S/C24H23FN4/c1-16-7-2-3-8-18(16)15-26-24-20-11-4-5-12-21(20)27-23-14-22(28-29(23)24)17-9-6-10-19(25)13-17/h2-3,6-10,13-14,26H,4-5,11-12,15H2,1H3. The topological polar surface area (TPSA) is 42.2 Å². The summed E-state index contributed by atoms with van der Waals surface area (Å²) in [7, 11) is 0. The quantitative estimate of drug-likeness (QED) is 0.515. The first kappa shape index (κ1) is 17.9. The van der Waals surface area contributed by atoms with Crippen LogP contribution < -0.4 is 5.32 Å². The zero-order valence-corrected chi connectivity index (χ0v) is 16.5. The molecule has 1 aliphatic carbocycles. The first-order valence-corrected chi connectivity index (χ1v) is 10.1. The van der Waals surface area contributed by atoms with Crippen LogP contribution in [-0.2, 0) is 19.4 Å². The van der Waals surface area contributed by atoms with Gasteiger partial charge in [0, 0.05) is 29.4 Å². The Hall–Kier alpha value is -3.21. The third-order valence-corrected chi connectivity index (χ3v) is 5.70. The number of anilines is 1. The molecule has 4 nitrogen and oxygen atoms in total. The summed E-state index contributed by atoms with van der Waals surface area (Å²) in [4.78, 5) is 4.88. The van der Waals surface area contributed by atoms with Gasteiger partial charge in [-0.2, -0.15) is 9.61 Å². The summed E-state index contributed by atoms with van der Waals surface area (Å²) in [5, 5.41) is 8.43. The van der Waals surface area contributed by atoms with Gasteiger partial charge in [-0.15, -0.1) is 0 Å². The monoisotopic (exact) mass is 386 g/mol. The predicted molar refractivity (Wildman–Crippen MR) is 114 cm³/mol. The SMILES string of the molecule is Cc1ccccc1CNc1c2c(nc3cc(-c4cccc(F)c4)nn13)CCCC2. The molecule has 0 radical (unpaired) electrons. The van der Waals surface area contributed by atoms with Gasteiger partial charge in [0.15, 0.2) is 5.65 Å². The lowest BCUT2D eigenvalue weighted by molar-refractivity contribution is 0.628. The third-order valence-electron chi connectivity index (χ3n) is 5.70. The highest BCUT2D eigenvalue weighted by atomic mass is 19.1. The van der Waals surface area contributed by atoms with Crippen molar-refractivity contribution in [2.24, 2.45) is 0 Å². The molecule has 2 aromatic heterocycles. The van der Waals surface area contributed by atoms with E-state index in [1.165, 1.54) is 28.8 Å². The van der Waals surface area contributed by atoms with Crippen LogP contribution in [0.5, 0.6) is 0 Å². The van der Waals surface area contributed by atoms with Crippen molar-refractivity contribution < 1.29 is 4.39 Å². The summed E-state index contributed by atoms with van der Waals surface area (Å²) >= 11 is 0. The zero-order valence-electron chi connectivity index (χ0n) is 16.5. The van der Waals surface area contributed by atoms with E-state index in [1.54, 1.807) is 6.07 Å². The maximum absolute atomic E-state index is 13.7. The Balaban J connectivity index is 1.61. The molecule has 29 heavy (non-hydrogen) atoms. The van der Waals surface area contributed by atoms with Gasteiger partial charge in [-0.25, -0.2) is 9.37 Å². The van der Waals surface area contributed by atoms with E-state index in [0.29, 0.717) is 0 Å². The lowest BCUT2D eigenvalue weighted by atomic mass is 9.96. The first-order chi connectivity index (χ1) is 14.2. The molecule has 146 valence electrons. The predicted octanol–water partition coefficient (Wildman–Crippen LogP) is 5.33. The summed E-state index contributed by atoms with van der Waals surface area (Å²) in [5.74, 6) is 0.750. The van der Waals surface area contributed by atoms with Crippen molar-refractivity contribution in [1.82, 2.24) is 14.6 Å².